The third kappa shape index (κ3) is 10.8. The number of nitrogen functional groups attached to an aromatic ring is 1. The maximum atomic E-state index is 12.9. The highest BCUT2D eigenvalue weighted by Crippen LogP contribution is 2.54. The third-order valence-corrected chi connectivity index (χ3v) is 14.4. The van der Waals surface area contributed by atoms with Crippen LogP contribution >= 0.6 is 0 Å². The molecule has 2 aromatic heterocycles. The molecule has 2 heterocycles. The molecular weight excluding hydrogens is 779 g/mol. The lowest BCUT2D eigenvalue weighted by atomic mass is 9.68. The van der Waals surface area contributed by atoms with Crippen molar-refractivity contribution in [2.24, 2.45) is 41.4 Å². The molecule has 1 fully saturated rings. The van der Waals surface area contributed by atoms with Gasteiger partial charge in [-0.3, -0.25) is 4.79 Å². The minimum Gasteiger partial charge on any atom is -0.508 e. The van der Waals surface area contributed by atoms with E-state index in [9.17, 15) is 35.4 Å². The van der Waals surface area contributed by atoms with Crippen LogP contribution in [0, 0.1) is 41.4 Å². The van der Waals surface area contributed by atoms with E-state index in [4.69, 9.17) is 5.73 Å². The zero-order valence-electron chi connectivity index (χ0n) is 36.2. The first-order chi connectivity index (χ1) is 29.9. The number of aliphatic carboxylic acids is 1. The number of fused-ring (bicyclic) bond motifs is 1. The quantitative estimate of drug-likeness (QED) is 0.0316. The van der Waals surface area contributed by atoms with E-state index in [1.165, 1.54) is 25.3 Å². The second-order valence-corrected chi connectivity index (χ2v) is 18.7. The number of hydrogen-bond donors (Lipinski definition) is 8. The maximum absolute atomic E-state index is 12.9. The van der Waals surface area contributed by atoms with E-state index in [1.807, 2.05) is 66.7 Å². The minimum absolute atomic E-state index is 0.00796. The van der Waals surface area contributed by atoms with Crippen LogP contribution in [-0.2, 0) is 24.1 Å². The molecule has 0 bridgehead atoms. The number of aromatic hydroxyl groups is 2. The molecule has 10 unspecified atom stereocenters. The zero-order valence-corrected chi connectivity index (χ0v) is 36.2. The monoisotopic (exact) mass is 845 g/mol. The summed E-state index contributed by atoms with van der Waals surface area (Å²) >= 11 is 0. The lowest BCUT2D eigenvalue weighted by molar-refractivity contribution is -0.148. The van der Waals surface area contributed by atoms with Gasteiger partial charge in [0.25, 0.3) is 0 Å². The third-order valence-electron chi connectivity index (χ3n) is 14.4. The number of aliphatic hydroxyl groups is 3. The number of aliphatic hydroxyl groups excluding tert-OH is 2. The predicted octanol–water partition coefficient (Wildman–Crippen LogP) is 9.15. The number of aromatic nitrogens is 2. The van der Waals surface area contributed by atoms with E-state index in [1.54, 1.807) is 12.3 Å². The number of benzene rings is 2. The molecule has 1 saturated carbocycles. The molecule has 7 rings (SSSR count). The summed E-state index contributed by atoms with van der Waals surface area (Å²) in [5, 5.41) is 67.4. The van der Waals surface area contributed by atoms with Gasteiger partial charge in [0.2, 0.25) is 0 Å². The number of aromatic amines is 1. The Bertz CT molecular complexity index is 2150. The van der Waals surface area contributed by atoms with Crippen molar-refractivity contribution in [2.45, 2.75) is 121 Å². The normalized spacial score (nSPS) is 26.6. The predicted molar refractivity (Wildman–Crippen MR) is 243 cm³/mol. The van der Waals surface area contributed by atoms with Crippen LogP contribution in [0.2, 0.25) is 0 Å². The first-order valence-electron chi connectivity index (χ1n) is 23.1. The van der Waals surface area contributed by atoms with Crippen LogP contribution in [0.4, 0.5) is 5.82 Å². The van der Waals surface area contributed by atoms with Gasteiger partial charge >= 0.3 is 5.97 Å². The van der Waals surface area contributed by atoms with Crippen molar-refractivity contribution in [1.29, 1.82) is 0 Å². The lowest BCUT2D eigenvalue weighted by Gasteiger charge is -2.42. The van der Waals surface area contributed by atoms with Gasteiger partial charge in [-0.1, -0.05) is 100 Å². The van der Waals surface area contributed by atoms with Crippen molar-refractivity contribution >= 4 is 11.8 Å². The number of unbranched alkanes of at least 4 members (excludes halogenated alkanes) is 4. The van der Waals surface area contributed by atoms with Crippen LogP contribution in [0.15, 0.2) is 97.2 Å². The standard InChI is InChI=1S/C52H67N3O7/c1-2-3-6-11-34-16-17-36(47(57)26-34)14-9-5-10-15-42(51(60)61)50(59)37-18-20-45-38(24-35-22-23-54-49(53)27-35)28-39(52(45,62)32-37)29-40-19-21-46(55-40)43-30-41(56)31-48(58)44(43)25-33-12-7-4-8-13-33/h4,7-8,12-13,16-23,27,30-31,34,36-39,42,45,47,50,55-59,62H,2-3,5-6,9-11,14-15,24-26,28-29,32H2,1H3,(H2,53,54)(H,60,61). The second kappa shape index (κ2) is 20.5. The highest BCUT2D eigenvalue weighted by Gasteiger charge is 2.55. The molecule has 10 heteroatoms. The largest absolute Gasteiger partial charge is 0.508 e. The number of carbonyl (C=O) groups is 1. The number of hydrogen-bond acceptors (Lipinski definition) is 8. The van der Waals surface area contributed by atoms with Gasteiger partial charge < -0.3 is 41.4 Å². The molecule has 4 aromatic rings. The summed E-state index contributed by atoms with van der Waals surface area (Å²) in [6.45, 7) is 2.20. The Morgan fingerprint density at radius 3 is 2.47 bits per heavy atom. The van der Waals surface area contributed by atoms with Gasteiger partial charge in [-0.25, -0.2) is 4.98 Å². The van der Waals surface area contributed by atoms with Crippen molar-refractivity contribution in [3.8, 4) is 22.8 Å². The molecule has 10 nitrogen and oxygen atoms in total. The van der Waals surface area contributed by atoms with E-state index in [0.717, 1.165) is 54.6 Å². The Morgan fingerprint density at radius 2 is 1.71 bits per heavy atom. The smallest absolute Gasteiger partial charge is 0.309 e. The molecule has 0 spiro atoms. The van der Waals surface area contributed by atoms with Gasteiger partial charge in [-0.2, -0.15) is 0 Å². The summed E-state index contributed by atoms with van der Waals surface area (Å²) in [4.78, 5) is 20.4. The fourth-order valence-corrected chi connectivity index (χ4v) is 11.0. The zero-order chi connectivity index (χ0) is 43.8. The van der Waals surface area contributed by atoms with E-state index in [2.05, 4.69) is 29.0 Å². The van der Waals surface area contributed by atoms with Crippen molar-refractivity contribution in [3.63, 3.8) is 0 Å². The van der Waals surface area contributed by atoms with Crippen molar-refractivity contribution in [1.82, 2.24) is 9.97 Å². The second-order valence-electron chi connectivity index (χ2n) is 18.7. The number of carboxylic acids is 1. The Labute approximate surface area is 366 Å². The topological polar surface area (TPSA) is 193 Å². The fourth-order valence-electron chi connectivity index (χ4n) is 11.0. The fraction of sp³-hybridized carbons (Fsp3) is 0.500. The van der Waals surface area contributed by atoms with Crippen LogP contribution < -0.4 is 5.73 Å². The molecule has 10 atom stereocenters. The molecule has 3 aliphatic carbocycles. The Morgan fingerprint density at radius 1 is 0.903 bits per heavy atom. The Hall–Kier alpha value is -4.90. The molecule has 9 N–H and O–H groups in total. The summed E-state index contributed by atoms with van der Waals surface area (Å²) in [5.41, 5.74) is 9.89. The van der Waals surface area contributed by atoms with E-state index in [-0.39, 0.29) is 47.7 Å². The number of nitrogens with one attached hydrogen (secondary N) is 1. The number of nitrogens with zero attached hydrogens (tertiary/aromatic N) is 1. The summed E-state index contributed by atoms with van der Waals surface area (Å²) in [7, 11) is 0. The molecule has 2 aromatic carbocycles. The van der Waals surface area contributed by atoms with Crippen LogP contribution in [0.3, 0.4) is 0 Å². The number of phenolic OH excluding ortho intramolecular Hbond substituents is 2. The number of anilines is 1. The average Bonchev–Trinajstić information content (AvgIpc) is 3.82. The lowest BCUT2D eigenvalue weighted by Crippen LogP contribution is -2.48. The molecule has 0 amide bonds. The minimum atomic E-state index is -1.22. The highest BCUT2D eigenvalue weighted by molar-refractivity contribution is 5.71. The van der Waals surface area contributed by atoms with Gasteiger partial charge in [0.05, 0.1) is 23.7 Å². The van der Waals surface area contributed by atoms with Crippen molar-refractivity contribution in [3.05, 3.63) is 120 Å². The van der Waals surface area contributed by atoms with Gasteiger partial charge in [0, 0.05) is 59.0 Å². The molecular formula is C52H67N3O7. The van der Waals surface area contributed by atoms with Crippen LogP contribution in [0.25, 0.3) is 11.3 Å². The number of allylic oxidation sites excluding steroid dienone is 1. The maximum Gasteiger partial charge on any atom is 0.309 e. The molecule has 0 saturated heterocycles. The Balaban J connectivity index is 1.04. The number of H-pyrrole nitrogens is 1. The molecule has 0 radical (unpaired) electrons. The molecule has 0 aliphatic heterocycles. The first kappa shape index (κ1) is 45.1. The summed E-state index contributed by atoms with van der Waals surface area (Å²) in [6.07, 6.45) is 20.3. The van der Waals surface area contributed by atoms with Gasteiger partial charge in [-0.05, 0) is 111 Å². The molecule has 3 aliphatic rings. The number of nitrogens with two attached hydrogens (primary N) is 1. The molecule has 332 valence electrons. The molecule has 62 heavy (non-hydrogen) atoms. The SMILES string of the molecule is CCCCCC1C=CC(CCCCCC(C(=O)O)C(O)C2C=CC3C(Cc4ccnc(N)c4)CC(Cc4ccc(-c5cc(O)cc(O)c5Cc5ccccc5)[nH]4)C3(O)C2)C(O)C1. The van der Waals surface area contributed by atoms with E-state index >= 15 is 0 Å². The number of carboxylic acid groups (broad SMARTS) is 1. The first-order valence-corrected chi connectivity index (χ1v) is 23.1. The van der Waals surface area contributed by atoms with Crippen LogP contribution in [0.1, 0.15) is 106 Å². The van der Waals surface area contributed by atoms with Crippen LogP contribution in [0.5, 0.6) is 11.5 Å². The number of phenols is 2. The van der Waals surface area contributed by atoms with Crippen LogP contribution in [-0.4, -0.2) is 64.4 Å². The number of rotatable bonds is 20. The summed E-state index contributed by atoms with van der Waals surface area (Å²) in [6, 6.07) is 20.6. The number of pyridine rings is 1. The summed E-state index contributed by atoms with van der Waals surface area (Å²) in [5.74, 6) is -1.94. The van der Waals surface area contributed by atoms with Crippen molar-refractivity contribution in [2.75, 3.05) is 5.73 Å². The average molecular weight is 846 g/mol. The van der Waals surface area contributed by atoms with E-state index < -0.39 is 29.5 Å². The summed E-state index contributed by atoms with van der Waals surface area (Å²) < 4.78 is 0. The van der Waals surface area contributed by atoms with Gasteiger partial charge in [-0.15, -0.1) is 0 Å². The Kier molecular flexibility index (Phi) is 14.9. The highest BCUT2D eigenvalue weighted by atomic mass is 16.4. The van der Waals surface area contributed by atoms with Gasteiger partial charge in [0.15, 0.2) is 0 Å². The van der Waals surface area contributed by atoms with Gasteiger partial charge in [0.1, 0.15) is 17.3 Å². The van der Waals surface area contributed by atoms with Crippen molar-refractivity contribution < 1.29 is 35.4 Å². The van der Waals surface area contributed by atoms with E-state index in [0.29, 0.717) is 61.4 Å².